The number of likely N-dealkylation sites (tertiary alicyclic amines) is 2. The van der Waals surface area contributed by atoms with Crippen LogP contribution in [-0.2, 0) is 4.74 Å². The molecule has 2 aromatic rings. The van der Waals surface area contributed by atoms with Crippen molar-refractivity contribution >= 4 is 39.4 Å². The summed E-state index contributed by atoms with van der Waals surface area (Å²) in [5.41, 5.74) is 5.53. The molecule has 1 saturated carbocycles. The molecule has 0 radical (unpaired) electrons. The van der Waals surface area contributed by atoms with E-state index < -0.39 is 17.9 Å². The third-order valence-electron chi connectivity index (χ3n) is 7.91. The van der Waals surface area contributed by atoms with E-state index in [1.807, 2.05) is 6.20 Å². The van der Waals surface area contributed by atoms with E-state index in [2.05, 4.69) is 49.4 Å². The summed E-state index contributed by atoms with van der Waals surface area (Å²) in [6.07, 6.45) is 5.69. The van der Waals surface area contributed by atoms with Crippen LogP contribution >= 0.6 is 22.6 Å². The molecule has 6 rings (SSSR count). The van der Waals surface area contributed by atoms with Crippen molar-refractivity contribution in [1.29, 1.82) is 0 Å². The first kappa shape index (κ1) is 19.6. The van der Waals surface area contributed by atoms with Crippen molar-refractivity contribution in [3.05, 3.63) is 16.1 Å². The third kappa shape index (κ3) is 2.46. The largest absolute Gasteiger partial charge is 0.385 e. The summed E-state index contributed by atoms with van der Waals surface area (Å²) in [6.45, 7) is 3.11. The number of piperidine rings is 1. The van der Waals surface area contributed by atoms with Gasteiger partial charge in [0, 0.05) is 15.3 Å². The fourth-order valence-corrected chi connectivity index (χ4v) is 6.99. The lowest BCUT2D eigenvalue weighted by Crippen LogP contribution is -2.55. The Kier molecular flexibility index (Phi) is 4.24. The molecule has 30 heavy (non-hydrogen) atoms. The Morgan fingerprint density at radius 1 is 1.23 bits per heavy atom. The molecular formula is C20H27IN6O3. The number of anilines is 1. The second-order valence-corrected chi connectivity index (χ2v) is 10.6. The normalized spacial score (nSPS) is 38.5. The van der Waals surface area contributed by atoms with Gasteiger partial charge in [-0.3, -0.25) is 4.90 Å². The smallest absolute Gasteiger partial charge is 0.164 e. The Balaban J connectivity index is 1.29. The van der Waals surface area contributed by atoms with Crippen molar-refractivity contribution < 1.29 is 14.9 Å². The Morgan fingerprint density at radius 3 is 2.70 bits per heavy atom. The number of aliphatic hydroxyl groups excluding tert-OH is 1. The van der Waals surface area contributed by atoms with Crippen LogP contribution in [0, 0.1) is 3.57 Å². The highest BCUT2D eigenvalue weighted by atomic mass is 127. The highest BCUT2D eigenvalue weighted by Gasteiger charge is 2.79. The summed E-state index contributed by atoms with van der Waals surface area (Å²) in [5, 5.41) is 23.4. The number of hydrogen-bond acceptors (Lipinski definition) is 8. The maximum absolute atomic E-state index is 11.5. The van der Waals surface area contributed by atoms with E-state index in [1.54, 1.807) is 4.57 Å². The van der Waals surface area contributed by atoms with Gasteiger partial charge >= 0.3 is 0 Å². The molecule has 0 amide bonds. The molecule has 4 aliphatic rings. The van der Waals surface area contributed by atoms with Crippen LogP contribution in [-0.4, -0.2) is 90.6 Å². The van der Waals surface area contributed by atoms with Gasteiger partial charge in [-0.1, -0.05) is 0 Å². The van der Waals surface area contributed by atoms with Crippen LogP contribution in [0.5, 0.6) is 0 Å². The number of hydrogen-bond donors (Lipinski definition) is 3. The van der Waals surface area contributed by atoms with E-state index in [1.165, 1.54) is 6.33 Å². The summed E-state index contributed by atoms with van der Waals surface area (Å²) in [4.78, 5) is 13.3. The monoisotopic (exact) mass is 526 g/mol. The fraction of sp³-hybridized carbons (Fsp3) is 0.700. The average molecular weight is 526 g/mol. The molecule has 0 aromatic carbocycles. The highest BCUT2D eigenvalue weighted by molar-refractivity contribution is 14.1. The van der Waals surface area contributed by atoms with Gasteiger partial charge in [-0.25, -0.2) is 9.97 Å². The fourth-order valence-electron chi connectivity index (χ4n) is 6.18. The van der Waals surface area contributed by atoms with Crippen molar-refractivity contribution in [1.82, 2.24) is 24.3 Å². The van der Waals surface area contributed by atoms with E-state index in [0.717, 1.165) is 54.3 Å². The maximum Gasteiger partial charge on any atom is 0.164 e. The van der Waals surface area contributed by atoms with Gasteiger partial charge in [0.05, 0.1) is 11.4 Å². The summed E-state index contributed by atoms with van der Waals surface area (Å²) in [7, 11) is 2.17. The molecule has 9 nitrogen and oxygen atoms in total. The molecule has 10 heteroatoms. The lowest BCUT2D eigenvalue weighted by atomic mass is 9.84. The molecule has 3 saturated heterocycles. The average Bonchev–Trinajstić information content (AvgIpc) is 3.03. The predicted molar refractivity (Wildman–Crippen MR) is 119 cm³/mol. The van der Waals surface area contributed by atoms with Crippen LogP contribution < -0.4 is 5.73 Å². The van der Waals surface area contributed by atoms with Gasteiger partial charge in [0.15, 0.2) is 6.23 Å². The zero-order valence-corrected chi connectivity index (χ0v) is 19.1. The third-order valence-corrected chi connectivity index (χ3v) is 8.73. The zero-order valence-electron chi connectivity index (χ0n) is 16.9. The molecular weight excluding hydrogens is 499 g/mol. The van der Waals surface area contributed by atoms with Crippen molar-refractivity contribution in [2.75, 3.05) is 32.4 Å². The van der Waals surface area contributed by atoms with Gasteiger partial charge in [0.2, 0.25) is 0 Å². The number of halogens is 1. The van der Waals surface area contributed by atoms with Crippen LogP contribution in [0.1, 0.15) is 31.9 Å². The van der Waals surface area contributed by atoms with E-state index in [4.69, 9.17) is 10.5 Å². The standard InChI is InChI=1S/C20H27IN6O3/c1-25-7-4-19(5-8-25)3-2-6-27(19)13-15-20(13,29)14(28)18(30-15)26-9-11(21)12-16(22)23-10-24-17(12)26/h9-10,13-15,18,28-29H,2-8H2,1H3,(H2,22,23,24)/t13?,14-,15+,18+,20-/m0/s1. The van der Waals surface area contributed by atoms with Gasteiger partial charge in [-0.05, 0) is 75.0 Å². The minimum Gasteiger partial charge on any atom is -0.385 e. The van der Waals surface area contributed by atoms with Gasteiger partial charge < -0.3 is 30.2 Å². The number of nitrogens with two attached hydrogens (primary N) is 1. The summed E-state index contributed by atoms with van der Waals surface area (Å²) in [5.74, 6) is 0.402. The molecule has 5 heterocycles. The van der Waals surface area contributed by atoms with Crippen LogP contribution in [0.2, 0.25) is 0 Å². The molecule has 162 valence electrons. The number of fused-ring (bicyclic) bond motifs is 2. The Labute approximate surface area is 188 Å². The molecule has 5 atom stereocenters. The van der Waals surface area contributed by atoms with Crippen molar-refractivity contribution in [3.8, 4) is 0 Å². The molecule has 0 bridgehead atoms. The SMILES string of the molecule is CN1CCC2(CCCN2C2[C@H]3O[C@@H](n4cc(I)c5c(N)ncnc54)[C@H](O)[C@@]23O)CC1. The predicted octanol–water partition coefficient (Wildman–Crippen LogP) is 0.550. The lowest BCUT2D eigenvalue weighted by molar-refractivity contribution is -0.0967. The molecule has 1 spiro atoms. The number of aliphatic hydroxyl groups is 2. The van der Waals surface area contributed by atoms with Crippen molar-refractivity contribution in [2.45, 2.75) is 61.3 Å². The number of rotatable bonds is 2. The molecule has 1 aliphatic carbocycles. The van der Waals surface area contributed by atoms with Gasteiger partial charge in [-0.15, -0.1) is 0 Å². The Bertz CT molecular complexity index is 1010. The molecule has 4 fully saturated rings. The summed E-state index contributed by atoms with van der Waals surface area (Å²) < 4.78 is 8.97. The van der Waals surface area contributed by atoms with Crippen molar-refractivity contribution in [2.24, 2.45) is 0 Å². The molecule has 3 aliphatic heterocycles. The maximum atomic E-state index is 11.5. The van der Waals surface area contributed by atoms with E-state index >= 15 is 0 Å². The molecule has 4 N–H and O–H groups in total. The van der Waals surface area contributed by atoms with Crippen LogP contribution in [0.3, 0.4) is 0 Å². The molecule has 2 aromatic heterocycles. The first-order chi connectivity index (χ1) is 14.4. The second kappa shape index (κ2) is 6.48. The minimum absolute atomic E-state index is 0.132. The number of nitrogens with zero attached hydrogens (tertiary/aromatic N) is 5. The van der Waals surface area contributed by atoms with Crippen LogP contribution in [0.25, 0.3) is 11.0 Å². The molecule has 1 unspecified atom stereocenters. The van der Waals surface area contributed by atoms with Crippen LogP contribution in [0.4, 0.5) is 5.82 Å². The number of nitrogen functional groups attached to an aromatic ring is 1. The first-order valence-corrected chi connectivity index (χ1v) is 11.7. The van der Waals surface area contributed by atoms with Gasteiger partial charge in [0.1, 0.15) is 35.6 Å². The van der Waals surface area contributed by atoms with E-state index in [-0.39, 0.29) is 17.7 Å². The van der Waals surface area contributed by atoms with Crippen molar-refractivity contribution in [3.63, 3.8) is 0 Å². The van der Waals surface area contributed by atoms with Gasteiger partial charge in [-0.2, -0.15) is 0 Å². The summed E-state index contributed by atoms with van der Waals surface area (Å²) >= 11 is 2.19. The topological polar surface area (TPSA) is 113 Å². The Morgan fingerprint density at radius 2 is 2.00 bits per heavy atom. The number of ether oxygens (including phenoxy) is 1. The Hall–Kier alpha value is -1.05. The second-order valence-electron chi connectivity index (χ2n) is 9.39. The first-order valence-electron chi connectivity index (χ1n) is 10.6. The van der Waals surface area contributed by atoms with Crippen LogP contribution in [0.15, 0.2) is 12.5 Å². The highest BCUT2D eigenvalue weighted by Crippen LogP contribution is 2.59. The van der Waals surface area contributed by atoms with E-state index in [0.29, 0.717) is 11.5 Å². The lowest BCUT2D eigenvalue weighted by Gasteiger charge is -2.45. The van der Waals surface area contributed by atoms with Gasteiger partial charge in [0.25, 0.3) is 0 Å². The number of aromatic nitrogens is 3. The minimum atomic E-state index is -1.24. The van der Waals surface area contributed by atoms with E-state index in [9.17, 15) is 10.2 Å². The quantitative estimate of drug-likeness (QED) is 0.487. The summed E-state index contributed by atoms with van der Waals surface area (Å²) in [6, 6.07) is -0.143. The zero-order chi connectivity index (χ0) is 20.8.